The molecule has 0 aromatic carbocycles. The minimum absolute atomic E-state index is 0.136. The molecule has 0 bridgehead atoms. The first kappa shape index (κ1) is 18.0. The quantitative estimate of drug-likeness (QED) is 0.860. The predicted molar refractivity (Wildman–Crippen MR) is 89.2 cm³/mol. The molecule has 2 fully saturated rings. The van der Waals surface area contributed by atoms with Crippen molar-refractivity contribution < 1.29 is 14.3 Å². The van der Waals surface area contributed by atoms with Gasteiger partial charge in [-0.2, -0.15) is 0 Å². The topological polar surface area (TPSA) is 61.9 Å². The number of hydrogen-bond acceptors (Lipinski definition) is 4. The van der Waals surface area contributed by atoms with Gasteiger partial charge in [0.2, 0.25) is 5.91 Å². The van der Waals surface area contributed by atoms with Crippen molar-refractivity contribution in [2.45, 2.75) is 52.1 Å². The van der Waals surface area contributed by atoms with Gasteiger partial charge in [0.25, 0.3) is 0 Å². The first-order valence-corrected chi connectivity index (χ1v) is 8.62. The largest absolute Gasteiger partial charge is 0.444 e. The molecule has 0 aliphatic carbocycles. The summed E-state index contributed by atoms with van der Waals surface area (Å²) in [5, 5.41) is 2.66. The summed E-state index contributed by atoms with van der Waals surface area (Å²) in [6.07, 6.45) is 3.37. The molecular formula is C17H31N3O3. The van der Waals surface area contributed by atoms with Crippen LogP contribution in [0.25, 0.3) is 0 Å². The lowest BCUT2D eigenvalue weighted by Crippen LogP contribution is -2.41. The fourth-order valence-electron chi connectivity index (χ4n) is 3.39. The van der Waals surface area contributed by atoms with E-state index in [1.807, 2.05) is 25.7 Å². The predicted octanol–water partition coefficient (Wildman–Crippen LogP) is 1.85. The van der Waals surface area contributed by atoms with Crippen molar-refractivity contribution in [3.63, 3.8) is 0 Å². The summed E-state index contributed by atoms with van der Waals surface area (Å²) in [5.74, 6) is 0.136. The maximum absolute atomic E-state index is 12.3. The average Bonchev–Trinajstić information content (AvgIpc) is 2.85. The fourth-order valence-corrected chi connectivity index (χ4v) is 3.39. The molecule has 1 N–H and O–H groups in total. The van der Waals surface area contributed by atoms with Gasteiger partial charge in [0, 0.05) is 26.1 Å². The van der Waals surface area contributed by atoms with Crippen molar-refractivity contribution in [2.24, 2.45) is 5.41 Å². The van der Waals surface area contributed by atoms with Crippen LogP contribution in [-0.4, -0.2) is 67.2 Å². The molecule has 0 saturated carbocycles. The fraction of sp³-hybridized carbons (Fsp3) is 0.882. The Balaban J connectivity index is 1.70. The van der Waals surface area contributed by atoms with E-state index in [0.717, 1.165) is 32.6 Å². The van der Waals surface area contributed by atoms with Crippen LogP contribution in [0.2, 0.25) is 0 Å². The van der Waals surface area contributed by atoms with E-state index in [4.69, 9.17) is 4.74 Å². The number of hydrogen-bond donors (Lipinski definition) is 1. The minimum Gasteiger partial charge on any atom is -0.444 e. The maximum atomic E-state index is 12.3. The van der Waals surface area contributed by atoms with Gasteiger partial charge in [0.15, 0.2) is 0 Å². The van der Waals surface area contributed by atoms with Gasteiger partial charge >= 0.3 is 6.09 Å². The Morgan fingerprint density at radius 1 is 1.13 bits per heavy atom. The number of likely N-dealkylation sites (tertiary alicyclic amines) is 2. The molecule has 23 heavy (non-hydrogen) atoms. The number of nitrogens with zero attached hydrogens (tertiary/aromatic N) is 2. The van der Waals surface area contributed by atoms with E-state index in [0.29, 0.717) is 18.4 Å². The zero-order valence-electron chi connectivity index (χ0n) is 15.0. The highest BCUT2D eigenvalue weighted by molar-refractivity contribution is 5.77. The van der Waals surface area contributed by atoms with Crippen molar-refractivity contribution in [3.05, 3.63) is 0 Å². The van der Waals surface area contributed by atoms with Crippen molar-refractivity contribution in [1.82, 2.24) is 15.1 Å². The first-order chi connectivity index (χ1) is 10.7. The summed E-state index contributed by atoms with van der Waals surface area (Å²) in [4.78, 5) is 28.2. The van der Waals surface area contributed by atoms with Crippen LogP contribution in [0, 0.1) is 5.41 Å². The molecule has 132 valence electrons. The second kappa shape index (κ2) is 7.07. The van der Waals surface area contributed by atoms with E-state index in [9.17, 15) is 9.59 Å². The average molecular weight is 325 g/mol. The third kappa shape index (κ3) is 5.37. The monoisotopic (exact) mass is 325 g/mol. The molecule has 2 saturated heterocycles. The van der Waals surface area contributed by atoms with Gasteiger partial charge in [-0.25, -0.2) is 4.79 Å². The highest BCUT2D eigenvalue weighted by Gasteiger charge is 2.41. The molecule has 0 unspecified atom stereocenters. The van der Waals surface area contributed by atoms with Gasteiger partial charge in [0.1, 0.15) is 5.60 Å². The van der Waals surface area contributed by atoms with Gasteiger partial charge in [-0.3, -0.25) is 4.79 Å². The van der Waals surface area contributed by atoms with E-state index in [1.165, 1.54) is 12.8 Å². The number of nitrogens with one attached hydrogen (secondary N) is 1. The molecule has 6 heteroatoms. The molecular weight excluding hydrogens is 294 g/mol. The van der Waals surface area contributed by atoms with Crippen LogP contribution in [0.1, 0.15) is 46.5 Å². The molecule has 0 aromatic heterocycles. The van der Waals surface area contributed by atoms with E-state index in [1.54, 1.807) is 0 Å². The molecule has 2 amide bonds. The Morgan fingerprint density at radius 3 is 2.35 bits per heavy atom. The molecule has 2 aliphatic rings. The zero-order chi connectivity index (χ0) is 17.1. The van der Waals surface area contributed by atoms with Gasteiger partial charge in [0.05, 0.1) is 0 Å². The lowest BCUT2D eigenvalue weighted by molar-refractivity contribution is -0.130. The van der Waals surface area contributed by atoms with Crippen LogP contribution in [0.15, 0.2) is 0 Å². The van der Waals surface area contributed by atoms with Gasteiger partial charge in [-0.1, -0.05) is 0 Å². The van der Waals surface area contributed by atoms with Crippen molar-refractivity contribution >= 4 is 12.0 Å². The summed E-state index contributed by atoms with van der Waals surface area (Å²) in [6.45, 7) is 9.79. The summed E-state index contributed by atoms with van der Waals surface area (Å²) < 4.78 is 5.17. The lowest BCUT2D eigenvalue weighted by atomic mass is 9.78. The molecule has 0 atom stereocenters. The van der Waals surface area contributed by atoms with E-state index in [-0.39, 0.29) is 5.91 Å². The summed E-state index contributed by atoms with van der Waals surface area (Å²) in [5.41, 5.74) is -0.176. The lowest BCUT2D eigenvalue weighted by Gasteiger charge is -2.37. The number of piperidine rings is 1. The number of carbonyl (C=O) groups is 2. The van der Waals surface area contributed by atoms with E-state index < -0.39 is 11.7 Å². The third-order valence-corrected chi connectivity index (χ3v) is 4.85. The molecule has 2 aliphatic heterocycles. The zero-order valence-corrected chi connectivity index (χ0v) is 15.0. The number of alkyl carbamates (subject to hydrolysis) is 1. The van der Waals surface area contributed by atoms with Crippen LogP contribution in [0.3, 0.4) is 0 Å². The smallest absolute Gasteiger partial charge is 0.407 e. The van der Waals surface area contributed by atoms with Crippen LogP contribution < -0.4 is 5.32 Å². The highest BCUT2D eigenvalue weighted by Crippen LogP contribution is 2.40. The van der Waals surface area contributed by atoms with Crippen molar-refractivity contribution in [1.29, 1.82) is 0 Å². The maximum Gasteiger partial charge on any atom is 0.407 e. The van der Waals surface area contributed by atoms with Crippen LogP contribution in [-0.2, 0) is 9.53 Å². The van der Waals surface area contributed by atoms with E-state index in [2.05, 4.69) is 17.3 Å². The Hall–Kier alpha value is -1.30. The van der Waals surface area contributed by atoms with Crippen molar-refractivity contribution in [2.75, 3.05) is 39.8 Å². The molecule has 1 spiro atoms. The van der Waals surface area contributed by atoms with Crippen LogP contribution in [0.4, 0.5) is 4.79 Å². The number of carbonyl (C=O) groups excluding carboxylic acids is 2. The molecule has 2 rings (SSSR count). The van der Waals surface area contributed by atoms with Crippen molar-refractivity contribution in [3.8, 4) is 0 Å². The highest BCUT2D eigenvalue weighted by atomic mass is 16.6. The second-order valence-electron chi connectivity index (χ2n) is 8.05. The Labute approximate surface area is 139 Å². The molecule has 0 radical (unpaired) electrons. The molecule has 6 nitrogen and oxygen atoms in total. The van der Waals surface area contributed by atoms with Gasteiger partial charge in [-0.05, 0) is 65.6 Å². The summed E-state index contributed by atoms with van der Waals surface area (Å²) in [6, 6.07) is 0. The first-order valence-electron chi connectivity index (χ1n) is 8.62. The number of rotatable bonds is 3. The molecule has 0 aromatic rings. The normalized spacial score (nSPS) is 21.5. The minimum atomic E-state index is -0.510. The summed E-state index contributed by atoms with van der Waals surface area (Å²) in [7, 11) is 2.16. The van der Waals surface area contributed by atoms with Gasteiger partial charge < -0.3 is 19.9 Å². The second-order valence-corrected chi connectivity index (χ2v) is 8.05. The van der Waals surface area contributed by atoms with Gasteiger partial charge in [-0.15, -0.1) is 0 Å². The summed E-state index contributed by atoms with van der Waals surface area (Å²) >= 11 is 0. The van der Waals surface area contributed by atoms with Crippen LogP contribution >= 0.6 is 0 Å². The third-order valence-electron chi connectivity index (χ3n) is 4.85. The number of ether oxygens (including phenoxy) is 1. The molecule has 2 heterocycles. The van der Waals surface area contributed by atoms with Crippen LogP contribution in [0.5, 0.6) is 0 Å². The Bertz CT molecular complexity index is 437. The standard InChI is InChI=1S/C17H31N3O3/c1-16(2,3)23-15(22)18-9-5-14(21)20-12-8-17(13-20)6-10-19(4)11-7-17/h5-13H2,1-4H3,(H,18,22). The SMILES string of the molecule is CN1CCC2(CC1)CCN(C(=O)CCNC(=O)OC(C)(C)C)C2. The van der Waals surface area contributed by atoms with E-state index >= 15 is 0 Å². The number of amides is 2. The Kier molecular flexibility index (Phi) is 5.55. The Morgan fingerprint density at radius 2 is 1.74 bits per heavy atom.